The number of hydrogen-bond acceptors (Lipinski definition) is 3. The smallest absolute Gasteiger partial charge is 0.270 e. The molecule has 2 aromatic carbocycles. The number of aromatic nitrogens is 1. The molecule has 0 saturated carbocycles. The molecule has 4 nitrogen and oxygen atoms in total. The number of hydrogen-bond donors (Lipinski definition) is 1. The highest BCUT2D eigenvalue weighted by Crippen LogP contribution is 2.33. The highest BCUT2D eigenvalue weighted by Gasteiger charge is 2.16. The van der Waals surface area contributed by atoms with E-state index in [2.05, 4.69) is 26.2 Å². The molecule has 0 fully saturated rings. The van der Waals surface area contributed by atoms with Crippen molar-refractivity contribution in [2.75, 3.05) is 13.7 Å². The minimum absolute atomic E-state index is 0.189. The Hall–Kier alpha value is -2.40. The van der Waals surface area contributed by atoms with Gasteiger partial charge in [0.05, 0.1) is 7.11 Å². The Labute approximate surface area is 149 Å². The van der Waals surface area contributed by atoms with Gasteiger partial charge in [-0.1, -0.05) is 46.3 Å². The molecule has 24 heavy (non-hydrogen) atoms. The van der Waals surface area contributed by atoms with Gasteiger partial charge in [-0.3, -0.25) is 9.78 Å². The number of halogens is 1. The maximum Gasteiger partial charge on any atom is 0.270 e. The zero-order valence-corrected chi connectivity index (χ0v) is 14.8. The molecule has 1 amide bonds. The van der Waals surface area contributed by atoms with Gasteiger partial charge in [0, 0.05) is 28.0 Å². The van der Waals surface area contributed by atoms with Gasteiger partial charge in [-0.05, 0) is 30.2 Å². The molecule has 5 heteroatoms. The summed E-state index contributed by atoms with van der Waals surface area (Å²) in [7, 11) is 1.61. The molecule has 0 atom stereocenters. The molecule has 0 saturated heterocycles. The van der Waals surface area contributed by atoms with Crippen LogP contribution in [0.2, 0.25) is 0 Å². The molecule has 1 N–H and O–H groups in total. The number of nitrogens with zero attached hydrogens (tertiary/aromatic N) is 1. The van der Waals surface area contributed by atoms with E-state index in [1.807, 2.05) is 48.5 Å². The van der Waals surface area contributed by atoms with E-state index in [4.69, 9.17) is 4.74 Å². The van der Waals surface area contributed by atoms with E-state index in [1.54, 1.807) is 13.3 Å². The van der Waals surface area contributed by atoms with Crippen molar-refractivity contribution >= 4 is 32.6 Å². The molecule has 3 rings (SSSR count). The number of pyridine rings is 1. The molecule has 0 aliphatic heterocycles. The van der Waals surface area contributed by atoms with E-state index in [1.165, 1.54) is 5.56 Å². The molecule has 0 aliphatic rings. The first-order chi connectivity index (χ1) is 11.7. The third-order valence-corrected chi connectivity index (χ3v) is 4.47. The van der Waals surface area contributed by atoms with Crippen LogP contribution in [0.15, 0.2) is 59.2 Å². The lowest BCUT2D eigenvalue weighted by atomic mass is 10.1. The summed E-state index contributed by atoms with van der Waals surface area (Å²) >= 11 is 3.51. The average molecular weight is 385 g/mol. The van der Waals surface area contributed by atoms with Crippen LogP contribution in [-0.2, 0) is 6.42 Å². The van der Waals surface area contributed by atoms with Gasteiger partial charge >= 0.3 is 0 Å². The highest BCUT2D eigenvalue weighted by molar-refractivity contribution is 9.10. The molecule has 1 aromatic heterocycles. The van der Waals surface area contributed by atoms with Gasteiger partial charge in [0.15, 0.2) is 0 Å². The van der Waals surface area contributed by atoms with Gasteiger partial charge in [-0.2, -0.15) is 0 Å². The summed E-state index contributed by atoms with van der Waals surface area (Å²) in [6.07, 6.45) is 2.41. The third-order valence-electron chi connectivity index (χ3n) is 3.81. The lowest BCUT2D eigenvalue weighted by Crippen LogP contribution is -2.26. The lowest BCUT2D eigenvalue weighted by Gasteiger charge is -2.11. The zero-order valence-electron chi connectivity index (χ0n) is 13.3. The molecule has 122 valence electrons. The van der Waals surface area contributed by atoms with E-state index in [0.29, 0.717) is 18.0 Å². The summed E-state index contributed by atoms with van der Waals surface area (Å²) in [4.78, 5) is 16.8. The highest BCUT2D eigenvalue weighted by atomic mass is 79.9. The molecule has 0 radical (unpaired) electrons. The zero-order chi connectivity index (χ0) is 16.9. The average Bonchev–Trinajstić information content (AvgIpc) is 2.62. The molecule has 0 bridgehead atoms. The van der Waals surface area contributed by atoms with Gasteiger partial charge in [-0.25, -0.2) is 0 Å². The molecule has 3 aromatic rings. The standard InChI is InChI=1S/C19H17BrN2O2/c1-24-16-8-7-15(20)17-14(16)10-12-21-18(17)19(23)22-11-9-13-5-3-2-4-6-13/h2-8,10,12H,9,11H2,1H3,(H,22,23). The SMILES string of the molecule is COc1ccc(Br)c2c(C(=O)NCCc3ccccc3)nccc12. The fraction of sp³-hybridized carbons (Fsp3) is 0.158. The van der Waals surface area contributed by atoms with Crippen LogP contribution in [0.3, 0.4) is 0 Å². The summed E-state index contributed by atoms with van der Waals surface area (Å²) in [6.45, 7) is 0.558. The molecular weight excluding hydrogens is 368 g/mol. The predicted octanol–water partition coefficient (Wildman–Crippen LogP) is 3.98. The Morgan fingerprint density at radius 1 is 1.17 bits per heavy atom. The summed E-state index contributed by atoms with van der Waals surface area (Å²) < 4.78 is 6.19. The quantitative estimate of drug-likeness (QED) is 0.723. The second-order valence-electron chi connectivity index (χ2n) is 5.32. The topological polar surface area (TPSA) is 51.2 Å². The number of nitrogens with one attached hydrogen (secondary N) is 1. The Morgan fingerprint density at radius 3 is 2.71 bits per heavy atom. The van der Waals surface area contributed by atoms with Gasteiger partial charge in [-0.15, -0.1) is 0 Å². The van der Waals surface area contributed by atoms with E-state index >= 15 is 0 Å². The van der Waals surface area contributed by atoms with E-state index in [-0.39, 0.29) is 5.91 Å². The number of ether oxygens (including phenoxy) is 1. The largest absolute Gasteiger partial charge is 0.496 e. The number of benzene rings is 2. The van der Waals surface area contributed by atoms with Gasteiger partial charge in [0.1, 0.15) is 11.4 Å². The van der Waals surface area contributed by atoms with Crippen molar-refractivity contribution in [3.63, 3.8) is 0 Å². The van der Waals surface area contributed by atoms with Crippen molar-refractivity contribution in [1.82, 2.24) is 10.3 Å². The van der Waals surface area contributed by atoms with Crippen molar-refractivity contribution in [2.24, 2.45) is 0 Å². The third kappa shape index (κ3) is 3.41. The van der Waals surface area contributed by atoms with Crippen LogP contribution in [-0.4, -0.2) is 24.5 Å². The van der Waals surface area contributed by atoms with Crippen LogP contribution in [0.4, 0.5) is 0 Å². The second kappa shape index (κ2) is 7.45. The fourth-order valence-corrected chi connectivity index (χ4v) is 3.16. The minimum atomic E-state index is -0.189. The van der Waals surface area contributed by atoms with Crippen molar-refractivity contribution in [3.05, 3.63) is 70.5 Å². The van der Waals surface area contributed by atoms with Crippen molar-refractivity contribution in [1.29, 1.82) is 0 Å². The number of rotatable bonds is 5. The second-order valence-corrected chi connectivity index (χ2v) is 6.18. The van der Waals surface area contributed by atoms with Crippen molar-refractivity contribution < 1.29 is 9.53 Å². The predicted molar refractivity (Wildman–Crippen MR) is 98.5 cm³/mol. The maximum absolute atomic E-state index is 12.6. The van der Waals surface area contributed by atoms with E-state index in [0.717, 1.165) is 21.7 Å². The van der Waals surface area contributed by atoms with Gasteiger partial charge in [0.25, 0.3) is 5.91 Å². The molecule has 0 spiro atoms. The number of amides is 1. The molecule has 1 heterocycles. The number of carbonyl (C=O) groups excluding carboxylic acids is 1. The van der Waals surface area contributed by atoms with Crippen LogP contribution in [0.25, 0.3) is 10.8 Å². The van der Waals surface area contributed by atoms with Crippen LogP contribution in [0, 0.1) is 0 Å². The van der Waals surface area contributed by atoms with E-state index in [9.17, 15) is 4.79 Å². The van der Waals surface area contributed by atoms with Gasteiger partial charge < -0.3 is 10.1 Å². The Balaban J connectivity index is 1.82. The van der Waals surface area contributed by atoms with Crippen LogP contribution in [0.5, 0.6) is 5.75 Å². The first-order valence-corrected chi connectivity index (χ1v) is 8.43. The maximum atomic E-state index is 12.6. The van der Waals surface area contributed by atoms with E-state index < -0.39 is 0 Å². The Kier molecular flexibility index (Phi) is 5.11. The molecule has 0 aliphatic carbocycles. The van der Waals surface area contributed by atoms with Crippen LogP contribution >= 0.6 is 15.9 Å². The molecular formula is C19H17BrN2O2. The van der Waals surface area contributed by atoms with Crippen LogP contribution < -0.4 is 10.1 Å². The first kappa shape index (κ1) is 16.5. The monoisotopic (exact) mass is 384 g/mol. The number of carbonyl (C=O) groups is 1. The normalized spacial score (nSPS) is 10.6. The van der Waals surface area contributed by atoms with Crippen molar-refractivity contribution in [3.8, 4) is 5.75 Å². The number of methoxy groups -OCH3 is 1. The van der Waals surface area contributed by atoms with Crippen molar-refractivity contribution in [2.45, 2.75) is 6.42 Å². The summed E-state index contributed by atoms with van der Waals surface area (Å²) in [5, 5.41) is 4.56. The Bertz CT molecular complexity index is 866. The fourth-order valence-electron chi connectivity index (χ4n) is 2.63. The summed E-state index contributed by atoms with van der Waals surface area (Å²) in [5.74, 6) is 0.527. The minimum Gasteiger partial charge on any atom is -0.496 e. The van der Waals surface area contributed by atoms with Crippen LogP contribution in [0.1, 0.15) is 16.1 Å². The number of fused-ring (bicyclic) bond motifs is 1. The molecule has 0 unspecified atom stereocenters. The first-order valence-electron chi connectivity index (χ1n) is 7.64. The summed E-state index contributed by atoms with van der Waals surface area (Å²) in [6, 6.07) is 15.6. The lowest BCUT2D eigenvalue weighted by molar-refractivity contribution is 0.0951. The Morgan fingerprint density at radius 2 is 1.96 bits per heavy atom. The van der Waals surface area contributed by atoms with Gasteiger partial charge in [0.2, 0.25) is 0 Å². The summed E-state index contributed by atoms with van der Waals surface area (Å²) in [5.41, 5.74) is 1.58.